The molecule has 0 bridgehead atoms. The lowest BCUT2D eigenvalue weighted by atomic mass is 10.1. The van der Waals surface area contributed by atoms with Gasteiger partial charge in [-0.1, -0.05) is 25.1 Å². The molecule has 0 fully saturated rings. The molecule has 0 aromatic heterocycles. The van der Waals surface area contributed by atoms with Crippen molar-refractivity contribution in [3.05, 3.63) is 36.4 Å². The maximum atomic E-state index is 12.0. The van der Waals surface area contributed by atoms with Gasteiger partial charge in [0, 0.05) is 23.8 Å². The van der Waals surface area contributed by atoms with Crippen LogP contribution in [0, 0.1) is 5.92 Å². The second kappa shape index (κ2) is 6.34. The lowest BCUT2D eigenvalue weighted by Crippen LogP contribution is -2.24. The first-order chi connectivity index (χ1) is 9.58. The Balaban J connectivity index is 1.99. The van der Waals surface area contributed by atoms with Crippen molar-refractivity contribution in [3.63, 3.8) is 0 Å². The molecule has 0 saturated heterocycles. The number of carbonyl (C=O) groups is 2. The van der Waals surface area contributed by atoms with Crippen LogP contribution in [0.25, 0.3) is 0 Å². The molecule has 0 saturated carbocycles. The Morgan fingerprint density at radius 3 is 2.55 bits per heavy atom. The topological polar surface area (TPSA) is 84.2 Å². The summed E-state index contributed by atoms with van der Waals surface area (Å²) in [5.41, 5.74) is 7.08. The van der Waals surface area contributed by atoms with Gasteiger partial charge in [0.05, 0.1) is 5.92 Å². The van der Waals surface area contributed by atoms with Crippen LogP contribution >= 0.6 is 0 Å². The monoisotopic (exact) mass is 273 g/mol. The highest BCUT2D eigenvalue weighted by Gasteiger charge is 2.22. The van der Waals surface area contributed by atoms with Gasteiger partial charge < -0.3 is 16.4 Å². The molecule has 0 aliphatic heterocycles. The minimum atomic E-state index is -0.182. The molecule has 2 unspecified atom stereocenters. The van der Waals surface area contributed by atoms with Crippen molar-refractivity contribution in [2.45, 2.75) is 25.8 Å². The summed E-state index contributed by atoms with van der Waals surface area (Å²) in [6.07, 6.45) is 4.74. The fourth-order valence-electron chi connectivity index (χ4n) is 2.08. The van der Waals surface area contributed by atoms with E-state index in [0.717, 1.165) is 0 Å². The first-order valence-electron chi connectivity index (χ1n) is 6.73. The van der Waals surface area contributed by atoms with Crippen LogP contribution in [0.3, 0.4) is 0 Å². The van der Waals surface area contributed by atoms with Crippen LogP contribution in [0.4, 0.5) is 11.4 Å². The van der Waals surface area contributed by atoms with E-state index in [2.05, 4.69) is 10.6 Å². The minimum absolute atomic E-state index is 0.0408. The molecule has 1 aromatic carbocycles. The number of nitrogens with one attached hydrogen (secondary N) is 2. The van der Waals surface area contributed by atoms with E-state index in [0.29, 0.717) is 24.2 Å². The van der Waals surface area contributed by atoms with Crippen LogP contribution in [-0.4, -0.2) is 17.9 Å². The van der Waals surface area contributed by atoms with Crippen molar-refractivity contribution in [1.29, 1.82) is 0 Å². The van der Waals surface area contributed by atoms with Crippen molar-refractivity contribution in [3.8, 4) is 0 Å². The van der Waals surface area contributed by atoms with Crippen molar-refractivity contribution >= 4 is 23.2 Å². The van der Waals surface area contributed by atoms with Gasteiger partial charge in [-0.15, -0.1) is 0 Å². The maximum absolute atomic E-state index is 12.0. The highest BCUT2D eigenvalue weighted by atomic mass is 16.2. The first-order valence-corrected chi connectivity index (χ1v) is 6.73. The molecule has 2 amide bonds. The largest absolute Gasteiger partial charge is 0.326 e. The summed E-state index contributed by atoms with van der Waals surface area (Å²) < 4.78 is 0. The van der Waals surface area contributed by atoms with Gasteiger partial charge in [0.1, 0.15) is 0 Å². The molecule has 5 heteroatoms. The summed E-state index contributed by atoms with van der Waals surface area (Å²) in [6, 6.07) is 7.06. The molecule has 20 heavy (non-hydrogen) atoms. The maximum Gasteiger partial charge on any atom is 0.231 e. The lowest BCUT2D eigenvalue weighted by Gasteiger charge is -2.11. The van der Waals surface area contributed by atoms with Gasteiger partial charge >= 0.3 is 0 Å². The normalized spacial score (nSPS) is 20.7. The summed E-state index contributed by atoms with van der Waals surface area (Å²) in [4.78, 5) is 23.4. The van der Waals surface area contributed by atoms with E-state index in [-0.39, 0.29) is 23.8 Å². The number of carbonyl (C=O) groups excluding carboxylic acids is 2. The predicted molar refractivity (Wildman–Crippen MR) is 79.2 cm³/mol. The van der Waals surface area contributed by atoms with E-state index in [4.69, 9.17) is 5.73 Å². The molecule has 0 radical (unpaired) electrons. The highest BCUT2D eigenvalue weighted by Crippen LogP contribution is 2.20. The van der Waals surface area contributed by atoms with Gasteiger partial charge in [-0.05, 0) is 24.6 Å². The number of rotatable bonds is 4. The zero-order chi connectivity index (χ0) is 14.5. The summed E-state index contributed by atoms with van der Waals surface area (Å²) in [6.45, 7) is 1.79. The van der Waals surface area contributed by atoms with Gasteiger partial charge in [-0.3, -0.25) is 9.59 Å². The fraction of sp³-hybridized carbons (Fsp3) is 0.333. The number of anilines is 2. The molecule has 0 heterocycles. The number of hydrogen-bond acceptors (Lipinski definition) is 3. The molecule has 5 nitrogen and oxygen atoms in total. The average Bonchev–Trinajstić information content (AvgIpc) is 2.86. The van der Waals surface area contributed by atoms with E-state index in [1.807, 2.05) is 12.2 Å². The molecular weight excluding hydrogens is 254 g/mol. The lowest BCUT2D eigenvalue weighted by molar-refractivity contribution is -0.118. The average molecular weight is 273 g/mol. The predicted octanol–water partition coefficient (Wildman–Crippen LogP) is 1.88. The highest BCUT2D eigenvalue weighted by molar-refractivity contribution is 5.95. The van der Waals surface area contributed by atoms with Gasteiger partial charge in [-0.2, -0.15) is 0 Å². The summed E-state index contributed by atoms with van der Waals surface area (Å²) >= 11 is 0. The van der Waals surface area contributed by atoms with Gasteiger partial charge in [0.2, 0.25) is 11.8 Å². The molecule has 106 valence electrons. The smallest absolute Gasteiger partial charge is 0.231 e. The van der Waals surface area contributed by atoms with Gasteiger partial charge in [0.15, 0.2) is 0 Å². The second-order valence-electron chi connectivity index (χ2n) is 4.86. The van der Waals surface area contributed by atoms with Crippen molar-refractivity contribution < 1.29 is 9.59 Å². The zero-order valence-corrected chi connectivity index (χ0v) is 11.4. The van der Waals surface area contributed by atoms with E-state index in [9.17, 15) is 9.59 Å². The third-order valence-corrected chi connectivity index (χ3v) is 3.19. The molecule has 2 atom stereocenters. The number of amides is 2. The van der Waals surface area contributed by atoms with Crippen LogP contribution in [-0.2, 0) is 9.59 Å². The van der Waals surface area contributed by atoms with Crippen LogP contribution in [0.1, 0.15) is 19.8 Å². The van der Waals surface area contributed by atoms with Gasteiger partial charge in [0.25, 0.3) is 0 Å². The standard InChI is InChI=1S/C15H19N3O2/c1-2-14(19)17-12-4-3-5-13(9-12)18-15(20)10-6-7-11(16)8-10/h3-7,9-11H,2,8,16H2,1H3,(H,17,19)(H,18,20). The van der Waals surface area contributed by atoms with Crippen LogP contribution in [0.5, 0.6) is 0 Å². The molecule has 1 aliphatic rings. The Morgan fingerprint density at radius 2 is 1.95 bits per heavy atom. The molecular formula is C15H19N3O2. The Bertz CT molecular complexity index is 540. The second-order valence-corrected chi connectivity index (χ2v) is 4.86. The molecule has 1 aromatic rings. The van der Waals surface area contributed by atoms with Crippen LogP contribution in [0.15, 0.2) is 36.4 Å². The van der Waals surface area contributed by atoms with Gasteiger partial charge in [-0.25, -0.2) is 0 Å². The molecule has 4 N–H and O–H groups in total. The van der Waals surface area contributed by atoms with E-state index in [1.165, 1.54) is 0 Å². The molecule has 1 aliphatic carbocycles. The Kier molecular flexibility index (Phi) is 4.53. The summed E-state index contributed by atoms with van der Waals surface area (Å²) in [5.74, 6) is -0.315. The van der Waals surface area contributed by atoms with Crippen LogP contribution in [0.2, 0.25) is 0 Å². The quantitative estimate of drug-likeness (QED) is 0.732. The van der Waals surface area contributed by atoms with Crippen molar-refractivity contribution in [2.24, 2.45) is 11.7 Å². The number of hydrogen-bond donors (Lipinski definition) is 3. The van der Waals surface area contributed by atoms with E-state index < -0.39 is 0 Å². The van der Waals surface area contributed by atoms with Crippen LogP contribution < -0.4 is 16.4 Å². The third kappa shape index (κ3) is 3.68. The number of benzene rings is 1. The molecule has 0 spiro atoms. The Morgan fingerprint density at radius 1 is 1.25 bits per heavy atom. The molecule has 2 rings (SSSR count). The Hall–Kier alpha value is -2.14. The van der Waals surface area contributed by atoms with Crippen molar-refractivity contribution in [2.75, 3.05) is 10.6 Å². The third-order valence-electron chi connectivity index (χ3n) is 3.19. The van der Waals surface area contributed by atoms with E-state index in [1.54, 1.807) is 31.2 Å². The minimum Gasteiger partial charge on any atom is -0.326 e. The fourth-order valence-corrected chi connectivity index (χ4v) is 2.08. The van der Waals surface area contributed by atoms with E-state index >= 15 is 0 Å². The summed E-state index contributed by atoms with van der Waals surface area (Å²) in [7, 11) is 0. The van der Waals surface area contributed by atoms with Crippen molar-refractivity contribution in [1.82, 2.24) is 0 Å². The number of nitrogens with two attached hydrogens (primary N) is 1. The first kappa shape index (κ1) is 14.3. The Labute approximate surface area is 118 Å². The SMILES string of the molecule is CCC(=O)Nc1cccc(NC(=O)C2C=CC(N)C2)c1. The zero-order valence-electron chi connectivity index (χ0n) is 11.4. The summed E-state index contributed by atoms with van der Waals surface area (Å²) in [5, 5.41) is 5.60.